The molecule has 0 spiro atoms. The second kappa shape index (κ2) is 5.44. The summed E-state index contributed by atoms with van der Waals surface area (Å²) in [6.45, 7) is 2.55. The highest BCUT2D eigenvalue weighted by atomic mass is 32.2. The van der Waals surface area contributed by atoms with Gasteiger partial charge in [-0.05, 0) is 12.1 Å². The predicted molar refractivity (Wildman–Crippen MR) is 74.3 cm³/mol. The molecular formula is C12H16NO4S2+. The van der Waals surface area contributed by atoms with Gasteiger partial charge in [-0.1, -0.05) is 11.3 Å². The first-order valence-electron chi connectivity index (χ1n) is 5.83. The Morgan fingerprint density at radius 1 is 1.42 bits per heavy atom. The lowest BCUT2D eigenvalue weighted by Gasteiger charge is -1.99. The monoisotopic (exact) mass is 302 g/mol. The third-order valence-electron chi connectivity index (χ3n) is 2.88. The molecular weight excluding hydrogens is 286 g/mol. The molecule has 0 bridgehead atoms. The molecule has 1 aromatic heterocycles. The van der Waals surface area contributed by atoms with E-state index in [0.717, 1.165) is 21.0 Å². The molecule has 0 atom stereocenters. The van der Waals surface area contributed by atoms with Crippen molar-refractivity contribution in [3.63, 3.8) is 0 Å². The van der Waals surface area contributed by atoms with E-state index in [4.69, 9.17) is 9.29 Å². The van der Waals surface area contributed by atoms with E-state index in [2.05, 4.69) is 0 Å². The quantitative estimate of drug-likeness (QED) is 0.675. The van der Waals surface area contributed by atoms with Crippen LogP contribution in [0.2, 0.25) is 0 Å². The second-order valence-electron chi connectivity index (χ2n) is 4.25. The van der Waals surface area contributed by atoms with Crippen molar-refractivity contribution in [2.75, 3.05) is 12.9 Å². The van der Waals surface area contributed by atoms with Crippen LogP contribution >= 0.6 is 11.3 Å². The number of fused-ring (bicyclic) bond motifs is 1. The zero-order chi connectivity index (χ0) is 14.0. The Bertz CT molecular complexity index is 691. The standard InChI is InChI=1S/C12H15NO4S2/c1-9-13(6-3-7-19(14,15)16)11-8-10(17-2)4-5-12(11)18-9/h4-5,8H,3,6-7H2,1-2H3/p+1. The van der Waals surface area contributed by atoms with Crippen LogP contribution in [0.15, 0.2) is 18.2 Å². The molecule has 0 aliphatic rings. The van der Waals surface area contributed by atoms with E-state index in [9.17, 15) is 8.42 Å². The maximum Gasteiger partial charge on any atom is 0.265 e. The number of methoxy groups -OCH3 is 1. The average molecular weight is 302 g/mol. The summed E-state index contributed by atoms with van der Waals surface area (Å²) in [6, 6.07) is 5.83. The third-order valence-corrected chi connectivity index (χ3v) is 4.76. The van der Waals surface area contributed by atoms with E-state index in [-0.39, 0.29) is 5.75 Å². The van der Waals surface area contributed by atoms with Crippen molar-refractivity contribution in [3.8, 4) is 5.75 Å². The fourth-order valence-electron chi connectivity index (χ4n) is 1.99. The summed E-state index contributed by atoms with van der Waals surface area (Å²) in [7, 11) is -2.28. The van der Waals surface area contributed by atoms with Crippen molar-refractivity contribution in [3.05, 3.63) is 23.2 Å². The summed E-state index contributed by atoms with van der Waals surface area (Å²) in [5.41, 5.74) is 1.03. The summed E-state index contributed by atoms with van der Waals surface area (Å²) < 4.78 is 38.6. The molecule has 0 saturated carbocycles. The Kier molecular flexibility index (Phi) is 4.07. The SMILES string of the molecule is COc1ccc2sc(C)[n+](CCCS(=O)(=O)O)c2c1. The Morgan fingerprint density at radius 2 is 2.16 bits per heavy atom. The van der Waals surface area contributed by atoms with Crippen LogP contribution in [0.5, 0.6) is 5.75 Å². The Hall–Kier alpha value is -1.18. The topological polar surface area (TPSA) is 67.5 Å². The molecule has 0 amide bonds. The lowest BCUT2D eigenvalue weighted by atomic mass is 10.3. The summed E-state index contributed by atoms with van der Waals surface area (Å²) in [5, 5.41) is 1.10. The van der Waals surface area contributed by atoms with Crippen LogP contribution in [0.4, 0.5) is 0 Å². The number of hydrogen-bond donors (Lipinski definition) is 1. The van der Waals surface area contributed by atoms with E-state index in [1.165, 1.54) is 0 Å². The number of nitrogens with zero attached hydrogens (tertiary/aromatic N) is 1. The van der Waals surface area contributed by atoms with Gasteiger partial charge in [-0.2, -0.15) is 13.0 Å². The molecule has 0 radical (unpaired) electrons. The number of rotatable bonds is 5. The lowest BCUT2D eigenvalue weighted by Crippen LogP contribution is -2.35. The van der Waals surface area contributed by atoms with Crippen LogP contribution < -0.4 is 9.30 Å². The van der Waals surface area contributed by atoms with E-state index in [1.54, 1.807) is 18.4 Å². The highest BCUT2D eigenvalue weighted by molar-refractivity contribution is 7.85. The van der Waals surface area contributed by atoms with Crippen molar-refractivity contribution in [1.82, 2.24) is 0 Å². The molecule has 1 aromatic carbocycles. The van der Waals surface area contributed by atoms with E-state index >= 15 is 0 Å². The molecule has 0 aliphatic heterocycles. The van der Waals surface area contributed by atoms with Crippen LogP contribution in [0.3, 0.4) is 0 Å². The summed E-state index contributed by atoms with van der Waals surface area (Å²) in [4.78, 5) is 0. The summed E-state index contributed by atoms with van der Waals surface area (Å²) in [5.74, 6) is 0.551. The Balaban J connectivity index is 2.28. The summed E-state index contributed by atoms with van der Waals surface area (Å²) >= 11 is 1.65. The molecule has 1 N–H and O–H groups in total. The van der Waals surface area contributed by atoms with Crippen LogP contribution in [0.1, 0.15) is 11.4 Å². The Labute approximate surface area is 116 Å². The molecule has 0 saturated heterocycles. The first-order valence-corrected chi connectivity index (χ1v) is 8.25. The van der Waals surface area contributed by atoms with Gasteiger partial charge in [-0.25, -0.2) is 0 Å². The predicted octanol–water partition coefficient (Wildman–Crippen LogP) is 1.78. The number of aryl methyl sites for hydroxylation is 2. The van der Waals surface area contributed by atoms with E-state index < -0.39 is 10.1 Å². The maximum absolute atomic E-state index is 10.7. The van der Waals surface area contributed by atoms with Gasteiger partial charge < -0.3 is 4.74 Å². The van der Waals surface area contributed by atoms with Crippen molar-refractivity contribution in [2.45, 2.75) is 19.9 Å². The molecule has 0 unspecified atom stereocenters. The first-order chi connectivity index (χ1) is 8.90. The molecule has 104 valence electrons. The minimum Gasteiger partial charge on any atom is -0.497 e. The molecule has 0 fully saturated rings. The van der Waals surface area contributed by atoms with Gasteiger partial charge in [-0.3, -0.25) is 4.55 Å². The molecule has 1 heterocycles. The minimum atomic E-state index is -3.89. The van der Waals surface area contributed by atoms with Crippen molar-refractivity contribution in [2.24, 2.45) is 0 Å². The van der Waals surface area contributed by atoms with Gasteiger partial charge in [0, 0.05) is 13.3 Å². The molecule has 2 rings (SSSR count). The second-order valence-corrected chi connectivity index (χ2v) is 7.05. The number of benzene rings is 1. The molecule has 19 heavy (non-hydrogen) atoms. The van der Waals surface area contributed by atoms with Gasteiger partial charge in [0.25, 0.3) is 10.1 Å². The van der Waals surface area contributed by atoms with Crippen LogP contribution in [-0.4, -0.2) is 25.8 Å². The molecule has 2 aromatic rings. The van der Waals surface area contributed by atoms with Gasteiger partial charge in [-0.15, -0.1) is 0 Å². The third kappa shape index (κ3) is 3.43. The smallest absolute Gasteiger partial charge is 0.265 e. The number of thiazole rings is 1. The molecule has 5 nitrogen and oxygen atoms in total. The number of aromatic nitrogens is 1. The highest BCUT2D eigenvalue weighted by Crippen LogP contribution is 2.24. The van der Waals surface area contributed by atoms with Gasteiger partial charge >= 0.3 is 0 Å². The van der Waals surface area contributed by atoms with Crippen molar-refractivity contribution >= 4 is 31.7 Å². The first kappa shape index (κ1) is 14.2. The van der Waals surface area contributed by atoms with Gasteiger partial charge in [0.2, 0.25) is 10.5 Å². The van der Waals surface area contributed by atoms with Gasteiger partial charge in [0.05, 0.1) is 18.9 Å². The summed E-state index contributed by atoms with van der Waals surface area (Å²) in [6.07, 6.45) is 0.382. The largest absolute Gasteiger partial charge is 0.497 e. The zero-order valence-electron chi connectivity index (χ0n) is 10.8. The Morgan fingerprint density at radius 3 is 2.79 bits per heavy atom. The highest BCUT2D eigenvalue weighted by Gasteiger charge is 2.18. The van der Waals surface area contributed by atoms with Crippen molar-refractivity contribution < 1.29 is 22.3 Å². The average Bonchev–Trinajstić information content (AvgIpc) is 2.63. The molecule has 0 aliphatic carbocycles. The molecule has 7 heteroatoms. The number of hydrogen-bond acceptors (Lipinski definition) is 4. The van der Waals surface area contributed by atoms with Crippen LogP contribution in [0, 0.1) is 6.92 Å². The van der Waals surface area contributed by atoms with Gasteiger partial charge in [0.15, 0.2) is 6.54 Å². The van der Waals surface area contributed by atoms with Crippen LogP contribution in [0.25, 0.3) is 10.2 Å². The van der Waals surface area contributed by atoms with Gasteiger partial charge in [0.1, 0.15) is 10.4 Å². The minimum absolute atomic E-state index is 0.221. The van der Waals surface area contributed by atoms with Crippen molar-refractivity contribution in [1.29, 1.82) is 0 Å². The maximum atomic E-state index is 10.7. The van der Waals surface area contributed by atoms with E-state index in [1.807, 2.05) is 29.7 Å². The van der Waals surface area contributed by atoms with E-state index in [0.29, 0.717) is 13.0 Å². The fourth-order valence-corrected chi connectivity index (χ4v) is 3.51. The normalized spacial score (nSPS) is 11.9. The zero-order valence-corrected chi connectivity index (χ0v) is 12.4. The fraction of sp³-hybridized carbons (Fsp3) is 0.417. The lowest BCUT2D eigenvalue weighted by molar-refractivity contribution is -0.672. The number of ether oxygens (including phenoxy) is 1. The van der Waals surface area contributed by atoms with Crippen LogP contribution in [-0.2, 0) is 16.7 Å².